The van der Waals surface area contributed by atoms with Crippen molar-refractivity contribution < 1.29 is 14.3 Å². The fourth-order valence-electron chi connectivity index (χ4n) is 2.67. The molecule has 2 amide bonds. The lowest BCUT2D eigenvalue weighted by atomic mass is 10.0. The number of nitrogens with zero attached hydrogens (tertiary/aromatic N) is 2. The number of aromatic nitrogens is 2. The first-order valence-corrected chi connectivity index (χ1v) is 9.50. The topological polar surface area (TPSA) is 93.2 Å². The second-order valence-corrected chi connectivity index (χ2v) is 6.92. The number of hydrogen-bond acceptors (Lipinski definition) is 6. The van der Waals surface area contributed by atoms with Crippen molar-refractivity contribution in [3.05, 3.63) is 59.7 Å². The third kappa shape index (κ3) is 5.14. The highest BCUT2D eigenvalue weighted by atomic mass is 32.1. The van der Waals surface area contributed by atoms with Crippen molar-refractivity contribution in [2.24, 2.45) is 0 Å². The first-order chi connectivity index (χ1) is 13.5. The number of methoxy groups -OCH3 is 1. The molecule has 7 nitrogen and oxygen atoms in total. The quantitative estimate of drug-likeness (QED) is 0.638. The van der Waals surface area contributed by atoms with Crippen molar-refractivity contribution >= 4 is 28.3 Å². The molecule has 0 saturated carbocycles. The van der Waals surface area contributed by atoms with Gasteiger partial charge in [-0.05, 0) is 29.8 Å². The van der Waals surface area contributed by atoms with Crippen molar-refractivity contribution in [1.29, 1.82) is 0 Å². The van der Waals surface area contributed by atoms with Crippen molar-refractivity contribution in [2.45, 2.75) is 19.4 Å². The molecule has 2 aromatic heterocycles. The van der Waals surface area contributed by atoms with Gasteiger partial charge in [0.2, 0.25) is 11.8 Å². The molecule has 0 aliphatic heterocycles. The van der Waals surface area contributed by atoms with Crippen LogP contribution < -0.4 is 15.4 Å². The molecule has 1 unspecified atom stereocenters. The van der Waals surface area contributed by atoms with Gasteiger partial charge in [-0.25, -0.2) is 4.98 Å². The molecule has 0 bridgehead atoms. The lowest BCUT2D eigenvalue weighted by Crippen LogP contribution is -2.29. The number of thiazole rings is 1. The highest BCUT2D eigenvalue weighted by molar-refractivity contribution is 7.14. The first-order valence-electron chi connectivity index (χ1n) is 8.62. The summed E-state index contributed by atoms with van der Waals surface area (Å²) >= 11 is 1.34. The van der Waals surface area contributed by atoms with E-state index in [0.717, 1.165) is 16.8 Å². The number of hydrogen-bond donors (Lipinski definition) is 2. The lowest BCUT2D eigenvalue weighted by Gasteiger charge is -2.18. The monoisotopic (exact) mass is 396 g/mol. The molecule has 3 aromatic rings. The highest BCUT2D eigenvalue weighted by Gasteiger charge is 2.18. The predicted octanol–water partition coefficient (Wildman–Crippen LogP) is 3.42. The van der Waals surface area contributed by atoms with Crippen LogP contribution >= 0.6 is 11.3 Å². The molecule has 3 rings (SSSR count). The molecule has 0 spiro atoms. The fraction of sp³-hybridized carbons (Fsp3) is 0.200. The summed E-state index contributed by atoms with van der Waals surface area (Å²) < 4.78 is 5.15. The average Bonchev–Trinajstić information content (AvgIpc) is 3.16. The lowest BCUT2D eigenvalue weighted by molar-refractivity contribution is -0.120. The second-order valence-electron chi connectivity index (χ2n) is 6.06. The number of carbonyl (C=O) groups is 2. The normalized spacial score (nSPS) is 11.5. The zero-order valence-electron chi connectivity index (χ0n) is 15.5. The second kappa shape index (κ2) is 9.09. The van der Waals surface area contributed by atoms with E-state index >= 15 is 0 Å². The third-order valence-electron chi connectivity index (χ3n) is 3.99. The molecule has 1 atom stereocenters. The molecular weight excluding hydrogens is 376 g/mol. The summed E-state index contributed by atoms with van der Waals surface area (Å²) in [6.07, 6.45) is 3.50. The van der Waals surface area contributed by atoms with Crippen LogP contribution in [0.25, 0.3) is 11.3 Å². The number of ether oxygens (including phenoxy) is 1. The standard InChI is InChI=1S/C20H20N4O3S/c1-13(25)22-17(14-5-7-16(27-2)8-6-14)10-19(26)24-20-23-18(12-28-20)15-4-3-9-21-11-15/h3-9,11-12,17H,10H2,1-2H3,(H,22,25)(H,23,24,26). The van der Waals surface area contributed by atoms with E-state index < -0.39 is 6.04 Å². The van der Waals surface area contributed by atoms with E-state index in [0.29, 0.717) is 10.9 Å². The fourth-order valence-corrected chi connectivity index (χ4v) is 3.40. The summed E-state index contributed by atoms with van der Waals surface area (Å²) in [5.74, 6) is 0.267. The molecule has 0 fully saturated rings. The first kappa shape index (κ1) is 19.5. The zero-order valence-corrected chi connectivity index (χ0v) is 16.3. The number of nitrogens with one attached hydrogen (secondary N) is 2. The summed E-state index contributed by atoms with van der Waals surface area (Å²) in [5, 5.41) is 7.98. The van der Waals surface area contributed by atoms with Gasteiger partial charge < -0.3 is 15.4 Å². The minimum Gasteiger partial charge on any atom is -0.497 e. The van der Waals surface area contributed by atoms with Gasteiger partial charge >= 0.3 is 0 Å². The Balaban J connectivity index is 1.68. The van der Waals surface area contributed by atoms with Gasteiger partial charge in [0.1, 0.15) is 5.75 Å². The van der Waals surface area contributed by atoms with Gasteiger partial charge in [0, 0.05) is 30.3 Å². The molecule has 8 heteroatoms. The Labute approximate surface area is 166 Å². The van der Waals surface area contributed by atoms with Gasteiger partial charge in [0.15, 0.2) is 5.13 Å². The molecule has 0 radical (unpaired) electrons. The number of pyridine rings is 1. The molecule has 0 saturated heterocycles. The Morgan fingerprint density at radius 2 is 2.00 bits per heavy atom. The van der Waals surface area contributed by atoms with Crippen LogP contribution in [0, 0.1) is 0 Å². The Kier molecular flexibility index (Phi) is 6.33. The minimum absolute atomic E-state index is 0.0910. The summed E-state index contributed by atoms with van der Waals surface area (Å²) in [7, 11) is 1.58. The van der Waals surface area contributed by atoms with Crippen LogP contribution in [0.4, 0.5) is 5.13 Å². The molecule has 2 heterocycles. The summed E-state index contributed by atoms with van der Waals surface area (Å²) in [6, 6.07) is 10.5. The van der Waals surface area contributed by atoms with Gasteiger partial charge in [-0.1, -0.05) is 12.1 Å². The SMILES string of the molecule is COc1ccc(C(CC(=O)Nc2nc(-c3cccnc3)cs2)NC(C)=O)cc1. The molecular formula is C20H20N4O3S. The number of carbonyl (C=O) groups excluding carboxylic acids is 2. The molecule has 144 valence electrons. The predicted molar refractivity (Wildman–Crippen MR) is 108 cm³/mol. The van der Waals surface area contributed by atoms with Crippen molar-refractivity contribution in [3.63, 3.8) is 0 Å². The number of benzene rings is 1. The van der Waals surface area contributed by atoms with Gasteiger partial charge in [0.05, 0.1) is 25.3 Å². The third-order valence-corrected chi connectivity index (χ3v) is 4.75. The van der Waals surface area contributed by atoms with Crippen molar-refractivity contribution in [3.8, 4) is 17.0 Å². The van der Waals surface area contributed by atoms with Crippen LogP contribution in [0.5, 0.6) is 5.75 Å². The smallest absolute Gasteiger partial charge is 0.228 e. The summed E-state index contributed by atoms with van der Waals surface area (Å²) in [5.41, 5.74) is 2.46. The molecule has 0 aliphatic rings. The van der Waals surface area contributed by atoms with Crippen LogP contribution in [0.2, 0.25) is 0 Å². The van der Waals surface area contributed by atoms with Gasteiger partial charge in [-0.15, -0.1) is 11.3 Å². The van der Waals surface area contributed by atoms with Crippen LogP contribution in [-0.4, -0.2) is 28.9 Å². The highest BCUT2D eigenvalue weighted by Crippen LogP contribution is 2.25. The zero-order chi connectivity index (χ0) is 19.9. The average molecular weight is 396 g/mol. The number of anilines is 1. The van der Waals surface area contributed by atoms with Crippen LogP contribution in [0.3, 0.4) is 0 Å². The van der Waals surface area contributed by atoms with Gasteiger partial charge in [-0.2, -0.15) is 0 Å². The van der Waals surface area contributed by atoms with E-state index in [9.17, 15) is 9.59 Å². The molecule has 28 heavy (non-hydrogen) atoms. The Hall–Kier alpha value is -3.26. The van der Waals surface area contributed by atoms with E-state index in [-0.39, 0.29) is 18.2 Å². The Bertz CT molecular complexity index is 942. The summed E-state index contributed by atoms with van der Waals surface area (Å²) in [4.78, 5) is 32.6. The number of rotatable bonds is 7. The maximum Gasteiger partial charge on any atom is 0.228 e. The summed E-state index contributed by atoms with van der Waals surface area (Å²) in [6.45, 7) is 1.43. The molecule has 1 aromatic carbocycles. The van der Waals surface area contributed by atoms with E-state index in [4.69, 9.17) is 4.74 Å². The van der Waals surface area contributed by atoms with E-state index in [1.54, 1.807) is 31.6 Å². The Morgan fingerprint density at radius 1 is 1.21 bits per heavy atom. The van der Waals surface area contributed by atoms with Crippen molar-refractivity contribution in [2.75, 3.05) is 12.4 Å². The maximum atomic E-state index is 12.5. The van der Waals surface area contributed by atoms with Gasteiger partial charge in [-0.3, -0.25) is 14.6 Å². The van der Waals surface area contributed by atoms with Crippen LogP contribution in [-0.2, 0) is 9.59 Å². The molecule has 2 N–H and O–H groups in total. The number of amides is 2. The Morgan fingerprint density at radius 3 is 2.64 bits per heavy atom. The van der Waals surface area contributed by atoms with Crippen LogP contribution in [0.1, 0.15) is 24.9 Å². The minimum atomic E-state index is -0.443. The van der Waals surface area contributed by atoms with E-state index in [1.165, 1.54) is 18.3 Å². The van der Waals surface area contributed by atoms with Crippen LogP contribution in [0.15, 0.2) is 54.2 Å². The van der Waals surface area contributed by atoms with E-state index in [1.807, 2.05) is 29.6 Å². The largest absolute Gasteiger partial charge is 0.497 e. The van der Waals surface area contributed by atoms with E-state index in [2.05, 4.69) is 20.6 Å². The van der Waals surface area contributed by atoms with Crippen molar-refractivity contribution in [1.82, 2.24) is 15.3 Å². The van der Waals surface area contributed by atoms with Gasteiger partial charge in [0.25, 0.3) is 0 Å². The maximum absolute atomic E-state index is 12.5. The molecule has 0 aliphatic carbocycles.